The van der Waals surface area contributed by atoms with Crippen molar-refractivity contribution >= 4 is 11.6 Å². The van der Waals surface area contributed by atoms with Crippen molar-refractivity contribution in [1.82, 2.24) is 14.9 Å². The highest BCUT2D eigenvalue weighted by Crippen LogP contribution is 2.23. The second kappa shape index (κ2) is 7.43. The zero-order valence-electron chi connectivity index (χ0n) is 12.9. The number of likely N-dealkylation sites (tertiary alicyclic amines) is 1. The van der Waals surface area contributed by atoms with Gasteiger partial charge in [0.1, 0.15) is 18.0 Å². The molecule has 5 nitrogen and oxygen atoms in total. The first-order valence-corrected chi connectivity index (χ1v) is 7.68. The first-order valence-electron chi connectivity index (χ1n) is 7.68. The third-order valence-corrected chi connectivity index (χ3v) is 4.08. The van der Waals surface area contributed by atoms with Gasteiger partial charge in [-0.05, 0) is 45.3 Å². The van der Waals surface area contributed by atoms with Crippen LogP contribution in [0.1, 0.15) is 31.7 Å². The molecule has 1 saturated heterocycles. The number of nitrogens with one attached hydrogen (secondary N) is 2. The van der Waals surface area contributed by atoms with E-state index in [1.165, 1.54) is 31.5 Å². The number of aromatic nitrogens is 2. The van der Waals surface area contributed by atoms with E-state index in [-0.39, 0.29) is 0 Å². The molecule has 0 saturated carbocycles. The predicted octanol–water partition coefficient (Wildman–Crippen LogP) is 2.22. The van der Waals surface area contributed by atoms with Gasteiger partial charge in [0.2, 0.25) is 0 Å². The molecule has 0 aliphatic carbocycles. The lowest BCUT2D eigenvalue weighted by molar-refractivity contribution is 0.226. The minimum absolute atomic E-state index is 0.758. The van der Waals surface area contributed by atoms with Crippen LogP contribution in [0.3, 0.4) is 0 Å². The van der Waals surface area contributed by atoms with Gasteiger partial charge < -0.3 is 15.5 Å². The Bertz CT molecular complexity index is 413. The average Bonchev–Trinajstić information content (AvgIpc) is 2.48. The second-order valence-corrected chi connectivity index (χ2v) is 5.68. The summed E-state index contributed by atoms with van der Waals surface area (Å²) < 4.78 is 0. The third kappa shape index (κ3) is 3.82. The van der Waals surface area contributed by atoms with Crippen LogP contribution in [0.25, 0.3) is 0 Å². The summed E-state index contributed by atoms with van der Waals surface area (Å²) in [6, 6.07) is 0. The molecule has 0 amide bonds. The summed E-state index contributed by atoms with van der Waals surface area (Å²) in [5.41, 5.74) is 1.21. The lowest BCUT2D eigenvalue weighted by atomic mass is 9.97. The molecule has 1 aromatic rings. The Morgan fingerprint density at radius 3 is 2.60 bits per heavy atom. The molecular weight excluding hydrogens is 250 g/mol. The highest BCUT2D eigenvalue weighted by Gasteiger charge is 2.17. The zero-order valence-corrected chi connectivity index (χ0v) is 12.9. The Balaban J connectivity index is 1.98. The van der Waals surface area contributed by atoms with Gasteiger partial charge in [-0.2, -0.15) is 0 Å². The second-order valence-electron chi connectivity index (χ2n) is 5.68. The van der Waals surface area contributed by atoms with Gasteiger partial charge in [-0.25, -0.2) is 9.97 Å². The molecule has 2 N–H and O–H groups in total. The quantitative estimate of drug-likeness (QED) is 0.835. The van der Waals surface area contributed by atoms with Crippen molar-refractivity contribution in [1.29, 1.82) is 0 Å². The molecule has 20 heavy (non-hydrogen) atoms. The van der Waals surface area contributed by atoms with Crippen LogP contribution in [-0.4, -0.2) is 48.6 Å². The number of rotatable bonds is 6. The van der Waals surface area contributed by atoms with E-state index in [1.807, 2.05) is 7.05 Å². The third-order valence-electron chi connectivity index (χ3n) is 4.08. The van der Waals surface area contributed by atoms with E-state index in [4.69, 9.17) is 0 Å². The molecular formula is C15H27N5. The molecule has 2 heterocycles. The summed E-state index contributed by atoms with van der Waals surface area (Å²) in [5.74, 6) is 2.71. The lowest BCUT2D eigenvalue weighted by Gasteiger charge is -2.29. The van der Waals surface area contributed by atoms with Crippen LogP contribution in [0.15, 0.2) is 6.33 Å². The molecule has 1 aliphatic rings. The van der Waals surface area contributed by atoms with Crippen molar-refractivity contribution in [2.24, 2.45) is 5.92 Å². The number of nitrogens with zero attached hydrogens (tertiary/aromatic N) is 3. The Morgan fingerprint density at radius 1 is 1.25 bits per heavy atom. The highest BCUT2D eigenvalue weighted by molar-refractivity contribution is 5.57. The van der Waals surface area contributed by atoms with Gasteiger partial charge in [-0.3, -0.25) is 0 Å². The largest absolute Gasteiger partial charge is 0.373 e. The monoisotopic (exact) mass is 277 g/mol. The summed E-state index contributed by atoms with van der Waals surface area (Å²) in [4.78, 5) is 11.2. The minimum Gasteiger partial charge on any atom is -0.373 e. The first-order chi connectivity index (χ1) is 9.74. The molecule has 5 heteroatoms. The van der Waals surface area contributed by atoms with E-state index < -0.39 is 0 Å². The molecule has 1 aliphatic heterocycles. The summed E-state index contributed by atoms with van der Waals surface area (Å²) >= 11 is 0. The van der Waals surface area contributed by atoms with Crippen LogP contribution >= 0.6 is 0 Å². The summed E-state index contributed by atoms with van der Waals surface area (Å²) in [5, 5.41) is 6.71. The van der Waals surface area contributed by atoms with Crippen molar-refractivity contribution in [2.75, 3.05) is 44.4 Å². The van der Waals surface area contributed by atoms with Crippen molar-refractivity contribution in [3.05, 3.63) is 11.9 Å². The average molecular weight is 277 g/mol. The summed E-state index contributed by atoms with van der Waals surface area (Å²) in [6.07, 6.45) is 6.30. The highest BCUT2D eigenvalue weighted by atomic mass is 15.1. The van der Waals surface area contributed by atoms with Gasteiger partial charge in [0.05, 0.1) is 0 Å². The molecule has 0 aromatic carbocycles. The van der Waals surface area contributed by atoms with E-state index in [0.717, 1.165) is 36.9 Å². The van der Waals surface area contributed by atoms with E-state index in [0.29, 0.717) is 0 Å². The Hall–Kier alpha value is -1.36. The molecule has 1 aromatic heterocycles. The smallest absolute Gasteiger partial charge is 0.134 e. The predicted molar refractivity (Wildman–Crippen MR) is 84.3 cm³/mol. The maximum atomic E-state index is 4.43. The van der Waals surface area contributed by atoms with Crippen LogP contribution < -0.4 is 10.6 Å². The number of hydrogen-bond acceptors (Lipinski definition) is 5. The molecule has 0 spiro atoms. The zero-order chi connectivity index (χ0) is 14.4. The number of anilines is 2. The summed E-state index contributed by atoms with van der Waals surface area (Å²) in [7, 11) is 4.12. The number of piperidine rings is 1. The Kier molecular flexibility index (Phi) is 5.59. The summed E-state index contributed by atoms with van der Waals surface area (Å²) in [6.45, 7) is 5.62. The van der Waals surface area contributed by atoms with Crippen LogP contribution in [0, 0.1) is 5.92 Å². The van der Waals surface area contributed by atoms with Crippen LogP contribution in [0.2, 0.25) is 0 Å². The molecule has 0 bridgehead atoms. The van der Waals surface area contributed by atoms with Gasteiger partial charge >= 0.3 is 0 Å². The first kappa shape index (κ1) is 15.0. The maximum Gasteiger partial charge on any atom is 0.134 e. The molecule has 112 valence electrons. The Morgan fingerprint density at radius 2 is 1.95 bits per heavy atom. The number of hydrogen-bond donors (Lipinski definition) is 2. The fourth-order valence-corrected chi connectivity index (χ4v) is 2.77. The van der Waals surface area contributed by atoms with Crippen molar-refractivity contribution < 1.29 is 0 Å². The molecule has 0 unspecified atom stereocenters. The minimum atomic E-state index is 0.758. The van der Waals surface area contributed by atoms with Gasteiger partial charge in [-0.1, -0.05) is 13.3 Å². The SMILES string of the molecule is CCCc1c(NC)ncnc1NCC1CCN(C)CC1. The topological polar surface area (TPSA) is 53.1 Å². The van der Waals surface area contributed by atoms with Gasteiger partial charge in [-0.15, -0.1) is 0 Å². The Labute approximate surface area is 122 Å². The normalized spacial score (nSPS) is 17.1. The van der Waals surface area contributed by atoms with Crippen LogP contribution in [-0.2, 0) is 6.42 Å². The van der Waals surface area contributed by atoms with Gasteiger partial charge in [0.15, 0.2) is 0 Å². The van der Waals surface area contributed by atoms with Gasteiger partial charge in [0, 0.05) is 19.2 Å². The fourth-order valence-electron chi connectivity index (χ4n) is 2.77. The molecule has 0 radical (unpaired) electrons. The van der Waals surface area contributed by atoms with Crippen molar-refractivity contribution in [3.8, 4) is 0 Å². The van der Waals surface area contributed by atoms with Crippen LogP contribution in [0.5, 0.6) is 0 Å². The van der Waals surface area contributed by atoms with E-state index in [1.54, 1.807) is 6.33 Å². The van der Waals surface area contributed by atoms with Crippen LogP contribution in [0.4, 0.5) is 11.6 Å². The molecule has 2 rings (SSSR count). The van der Waals surface area contributed by atoms with Gasteiger partial charge in [0.25, 0.3) is 0 Å². The van der Waals surface area contributed by atoms with Crippen molar-refractivity contribution in [3.63, 3.8) is 0 Å². The lowest BCUT2D eigenvalue weighted by Crippen LogP contribution is -2.33. The van der Waals surface area contributed by atoms with E-state index in [9.17, 15) is 0 Å². The maximum absolute atomic E-state index is 4.43. The standard InChI is InChI=1S/C15H27N5/c1-4-5-13-14(16-2)18-11-19-15(13)17-10-12-6-8-20(3)9-7-12/h11-12H,4-10H2,1-3H3,(H2,16,17,18,19). The van der Waals surface area contributed by atoms with Crippen molar-refractivity contribution in [2.45, 2.75) is 32.6 Å². The molecule has 0 atom stereocenters. The molecule has 1 fully saturated rings. The van der Waals surface area contributed by atoms with E-state index in [2.05, 4.69) is 39.5 Å². The fraction of sp³-hybridized carbons (Fsp3) is 0.733. The van der Waals surface area contributed by atoms with E-state index >= 15 is 0 Å².